The SMILES string of the molecule is CCCCCCNC1CCN(CC)CC1C. The molecule has 1 fully saturated rings. The molecular formula is C14H30N2. The molecule has 0 bridgehead atoms. The Morgan fingerprint density at radius 2 is 2.00 bits per heavy atom. The highest BCUT2D eigenvalue weighted by Gasteiger charge is 2.24. The van der Waals surface area contributed by atoms with Gasteiger partial charge in [0.2, 0.25) is 0 Å². The molecule has 1 heterocycles. The number of nitrogens with one attached hydrogen (secondary N) is 1. The molecule has 2 unspecified atom stereocenters. The number of nitrogens with zero attached hydrogens (tertiary/aromatic N) is 1. The lowest BCUT2D eigenvalue weighted by atomic mass is 9.94. The van der Waals surface area contributed by atoms with E-state index in [4.69, 9.17) is 0 Å². The molecule has 1 aliphatic rings. The summed E-state index contributed by atoms with van der Waals surface area (Å²) in [5.41, 5.74) is 0. The summed E-state index contributed by atoms with van der Waals surface area (Å²) in [6.45, 7) is 11.9. The molecule has 0 saturated carbocycles. The van der Waals surface area contributed by atoms with Gasteiger partial charge in [0.15, 0.2) is 0 Å². The fourth-order valence-electron chi connectivity index (χ4n) is 2.66. The Labute approximate surface area is 102 Å². The highest BCUT2D eigenvalue weighted by molar-refractivity contribution is 4.82. The summed E-state index contributed by atoms with van der Waals surface area (Å²) in [4.78, 5) is 2.57. The van der Waals surface area contributed by atoms with Crippen molar-refractivity contribution in [3.63, 3.8) is 0 Å². The van der Waals surface area contributed by atoms with Gasteiger partial charge in [0.1, 0.15) is 0 Å². The molecule has 0 radical (unpaired) electrons. The van der Waals surface area contributed by atoms with Gasteiger partial charge in [-0.2, -0.15) is 0 Å². The van der Waals surface area contributed by atoms with E-state index in [0.29, 0.717) is 0 Å². The van der Waals surface area contributed by atoms with Crippen LogP contribution in [-0.4, -0.2) is 37.1 Å². The van der Waals surface area contributed by atoms with Crippen LogP contribution in [0, 0.1) is 5.92 Å². The Kier molecular flexibility index (Phi) is 7.06. The Hall–Kier alpha value is -0.0800. The molecule has 0 spiro atoms. The zero-order valence-corrected chi connectivity index (χ0v) is 11.5. The molecule has 1 N–H and O–H groups in total. The van der Waals surface area contributed by atoms with Crippen LogP contribution in [0.15, 0.2) is 0 Å². The average Bonchev–Trinajstić information content (AvgIpc) is 2.30. The van der Waals surface area contributed by atoms with Gasteiger partial charge >= 0.3 is 0 Å². The van der Waals surface area contributed by atoms with E-state index in [1.165, 1.54) is 58.3 Å². The van der Waals surface area contributed by atoms with Crippen molar-refractivity contribution in [1.29, 1.82) is 0 Å². The highest BCUT2D eigenvalue weighted by atomic mass is 15.1. The number of unbranched alkanes of at least 4 members (excludes halogenated alkanes) is 3. The van der Waals surface area contributed by atoms with Crippen LogP contribution in [0.4, 0.5) is 0 Å². The monoisotopic (exact) mass is 226 g/mol. The first kappa shape index (κ1) is 14.0. The number of likely N-dealkylation sites (tertiary alicyclic amines) is 1. The van der Waals surface area contributed by atoms with E-state index in [1.807, 2.05) is 0 Å². The largest absolute Gasteiger partial charge is 0.314 e. The molecule has 1 saturated heterocycles. The van der Waals surface area contributed by atoms with Gasteiger partial charge < -0.3 is 10.2 Å². The summed E-state index contributed by atoms with van der Waals surface area (Å²) in [6.07, 6.45) is 6.82. The standard InChI is InChI=1S/C14H30N2/c1-4-6-7-8-10-15-14-9-11-16(5-2)12-13(14)3/h13-15H,4-12H2,1-3H3. The number of hydrogen-bond donors (Lipinski definition) is 1. The quantitative estimate of drug-likeness (QED) is 0.672. The number of rotatable bonds is 7. The van der Waals surface area contributed by atoms with Crippen molar-refractivity contribution < 1.29 is 0 Å². The van der Waals surface area contributed by atoms with Crippen molar-refractivity contribution in [3.05, 3.63) is 0 Å². The lowest BCUT2D eigenvalue weighted by Gasteiger charge is -2.36. The van der Waals surface area contributed by atoms with E-state index in [2.05, 4.69) is 31.0 Å². The second-order valence-electron chi connectivity index (χ2n) is 5.28. The Bertz CT molecular complexity index is 170. The van der Waals surface area contributed by atoms with Crippen LogP contribution in [0.2, 0.25) is 0 Å². The van der Waals surface area contributed by atoms with Crippen molar-refractivity contribution in [2.24, 2.45) is 5.92 Å². The third-order valence-electron chi connectivity index (χ3n) is 3.87. The number of hydrogen-bond acceptors (Lipinski definition) is 2. The van der Waals surface area contributed by atoms with Gasteiger partial charge in [-0.15, -0.1) is 0 Å². The molecule has 2 heteroatoms. The number of piperidine rings is 1. The molecule has 2 nitrogen and oxygen atoms in total. The minimum absolute atomic E-state index is 0.768. The van der Waals surface area contributed by atoms with Crippen LogP contribution in [0.1, 0.15) is 52.9 Å². The van der Waals surface area contributed by atoms with Gasteiger partial charge in [-0.05, 0) is 38.4 Å². The highest BCUT2D eigenvalue weighted by Crippen LogP contribution is 2.16. The first-order valence-corrected chi connectivity index (χ1v) is 7.23. The maximum atomic E-state index is 3.75. The van der Waals surface area contributed by atoms with Gasteiger partial charge in [-0.3, -0.25) is 0 Å². The van der Waals surface area contributed by atoms with Crippen LogP contribution >= 0.6 is 0 Å². The minimum Gasteiger partial charge on any atom is -0.314 e. The van der Waals surface area contributed by atoms with E-state index in [0.717, 1.165) is 12.0 Å². The van der Waals surface area contributed by atoms with Gasteiger partial charge in [0.05, 0.1) is 0 Å². The summed E-state index contributed by atoms with van der Waals surface area (Å²) in [7, 11) is 0. The fourth-order valence-corrected chi connectivity index (χ4v) is 2.66. The maximum Gasteiger partial charge on any atom is 0.0117 e. The van der Waals surface area contributed by atoms with Gasteiger partial charge in [0, 0.05) is 12.6 Å². The van der Waals surface area contributed by atoms with Gasteiger partial charge in [-0.25, -0.2) is 0 Å². The summed E-state index contributed by atoms with van der Waals surface area (Å²) >= 11 is 0. The van der Waals surface area contributed by atoms with Crippen LogP contribution in [0.5, 0.6) is 0 Å². The fraction of sp³-hybridized carbons (Fsp3) is 1.00. The predicted octanol–water partition coefficient (Wildman–Crippen LogP) is 2.89. The first-order chi connectivity index (χ1) is 7.77. The Balaban J connectivity index is 2.08. The third kappa shape index (κ3) is 4.84. The molecule has 1 rings (SSSR count). The molecule has 1 aliphatic heterocycles. The van der Waals surface area contributed by atoms with E-state index < -0.39 is 0 Å². The van der Waals surface area contributed by atoms with Crippen molar-refractivity contribution >= 4 is 0 Å². The topological polar surface area (TPSA) is 15.3 Å². The summed E-state index contributed by atoms with van der Waals surface area (Å²) in [6, 6.07) is 0.768. The van der Waals surface area contributed by atoms with E-state index in [1.54, 1.807) is 0 Å². The minimum atomic E-state index is 0.768. The van der Waals surface area contributed by atoms with E-state index in [9.17, 15) is 0 Å². The molecular weight excluding hydrogens is 196 g/mol. The molecule has 0 aromatic heterocycles. The lowest BCUT2D eigenvalue weighted by Crippen LogP contribution is -2.48. The van der Waals surface area contributed by atoms with Crippen LogP contribution in [0.25, 0.3) is 0 Å². The van der Waals surface area contributed by atoms with Crippen LogP contribution in [0.3, 0.4) is 0 Å². The predicted molar refractivity (Wildman–Crippen MR) is 71.8 cm³/mol. The summed E-state index contributed by atoms with van der Waals surface area (Å²) < 4.78 is 0. The van der Waals surface area contributed by atoms with Crippen molar-refractivity contribution in [1.82, 2.24) is 10.2 Å². The Morgan fingerprint density at radius 3 is 2.62 bits per heavy atom. The second kappa shape index (κ2) is 8.08. The van der Waals surface area contributed by atoms with E-state index >= 15 is 0 Å². The van der Waals surface area contributed by atoms with Crippen LogP contribution < -0.4 is 5.32 Å². The molecule has 16 heavy (non-hydrogen) atoms. The van der Waals surface area contributed by atoms with Crippen LogP contribution in [-0.2, 0) is 0 Å². The van der Waals surface area contributed by atoms with Gasteiger partial charge in [0.25, 0.3) is 0 Å². The normalized spacial score (nSPS) is 27.2. The molecule has 0 aliphatic carbocycles. The molecule has 0 aromatic carbocycles. The third-order valence-corrected chi connectivity index (χ3v) is 3.87. The Morgan fingerprint density at radius 1 is 1.19 bits per heavy atom. The summed E-state index contributed by atoms with van der Waals surface area (Å²) in [5, 5.41) is 3.75. The summed E-state index contributed by atoms with van der Waals surface area (Å²) in [5.74, 6) is 0.819. The average molecular weight is 226 g/mol. The molecule has 0 amide bonds. The zero-order chi connectivity index (χ0) is 11.8. The van der Waals surface area contributed by atoms with Crippen molar-refractivity contribution in [2.75, 3.05) is 26.2 Å². The maximum absolute atomic E-state index is 3.75. The molecule has 2 atom stereocenters. The van der Waals surface area contributed by atoms with Crippen molar-refractivity contribution in [3.8, 4) is 0 Å². The second-order valence-corrected chi connectivity index (χ2v) is 5.28. The lowest BCUT2D eigenvalue weighted by molar-refractivity contribution is 0.153. The first-order valence-electron chi connectivity index (χ1n) is 7.23. The molecule has 0 aromatic rings. The smallest absolute Gasteiger partial charge is 0.0117 e. The zero-order valence-electron chi connectivity index (χ0n) is 11.5. The van der Waals surface area contributed by atoms with Gasteiger partial charge in [-0.1, -0.05) is 40.0 Å². The molecule has 96 valence electrons. The van der Waals surface area contributed by atoms with E-state index in [-0.39, 0.29) is 0 Å². The van der Waals surface area contributed by atoms with Crippen molar-refractivity contribution in [2.45, 2.75) is 58.9 Å².